The van der Waals surface area contributed by atoms with Crippen LogP contribution in [0, 0.1) is 11.8 Å². The highest BCUT2D eigenvalue weighted by Crippen LogP contribution is 2.30. The zero-order valence-electron chi connectivity index (χ0n) is 10.6. The maximum absolute atomic E-state index is 9.74. The van der Waals surface area contributed by atoms with Crippen molar-refractivity contribution in [2.45, 2.75) is 70.4 Å². The average molecular weight is 225 g/mol. The molecule has 0 radical (unpaired) electrons. The number of aliphatic hydroxyl groups is 1. The molecule has 0 aromatic rings. The van der Waals surface area contributed by atoms with Gasteiger partial charge in [-0.05, 0) is 50.5 Å². The summed E-state index contributed by atoms with van der Waals surface area (Å²) in [6.07, 6.45) is 10.3. The third-order valence-electron chi connectivity index (χ3n) is 4.69. The Bertz CT molecular complexity index is 199. The molecular formula is C14H27NO. The molecule has 2 heteroatoms. The maximum atomic E-state index is 9.74. The minimum atomic E-state index is -0.0769. The molecule has 0 heterocycles. The van der Waals surface area contributed by atoms with E-state index in [0.29, 0.717) is 6.04 Å². The van der Waals surface area contributed by atoms with E-state index in [0.717, 1.165) is 24.8 Å². The molecule has 2 atom stereocenters. The molecule has 2 saturated carbocycles. The van der Waals surface area contributed by atoms with Crippen LogP contribution in [0.1, 0.15) is 58.3 Å². The topological polar surface area (TPSA) is 32.3 Å². The molecule has 0 bridgehead atoms. The van der Waals surface area contributed by atoms with Crippen LogP contribution in [0.15, 0.2) is 0 Å². The lowest BCUT2D eigenvalue weighted by molar-refractivity contribution is 0.143. The molecule has 0 amide bonds. The van der Waals surface area contributed by atoms with Crippen LogP contribution in [0.5, 0.6) is 0 Å². The highest BCUT2D eigenvalue weighted by Gasteiger charge is 2.26. The number of hydrogen-bond acceptors (Lipinski definition) is 2. The molecule has 0 saturated heterocycles. The summed E-state index contributed by atoms with van der Waals surface area (Å²) >= 11 is 0. The molecule has 94 valence electrons. The molecule has 0 aromatic carbocycles. The van der Waals surface area contributed by atoms with Crippen molar-refractivity contribution in [3.05, 3.63) is 0 Å². The fourth-order valence-electron chi connectivity index (χ4n) is 3.34. The lowest BCUT2D eigenvalue weighted by atomic mass is 9.81. The molecule has 2 aliphatic rings. The number of hydrogen-bond donors (Lipinski definition) is 2. The molecule has 0 unspecified atom stereocenters. The Balaban J connectivity index is 1.63. The summed E-state index contributed by atoms with van der Waals surface area (Å²) < 4.78 is 0. The monoisotopic (exact) mass is 225 g/mol. The first-order valence-corrected chi connectivity index (χ1v) is 7.21. The lowest BCUT2D eigenvalue weighted by Gasteiger charge is -2.29. The summed E-state index contributed by atoms with van der Waals surface area (Å²) in [6, 6.07) is 0.392. The van der Waals surface area contributed by atoms with Gasteiger partial charge >= 0.3 is 0 Å². The van der Waals surface area contributed by atoms with Gasteiger partial charge in [0.25, 0.3) is 0 Å². The molecule has 2 rings (SSSR count). The highest BCUT2D eigenvalue weighted by atomic mass is 16.3. The molecule has 16 heavy (non-hydrogen) atoms. The average Bonchev–Trinajstić information content (AvgIpc) is 2.73. The first kappa shape index (κ1) is 12.4. The highest BCUT2D eigenvalue weighted by molar-refractivity contribution is 4.84. The van der Waals surface area contributed by atoms with Gasteiger partial charge < -0.3 is 10.4 Å². The summed E-state index contributed by atoms with van der Waals surface area (Å²) in [5, 5.41) is 13.3. The predicted molar refractivity (Wildman–Crippen MR) is 67.4 cm³/mol. The number of nitrogens with one attached hydrogen (secondary N) is 1. The van der Waals surface area contributed by atoms with E-state index in [4.69, 9.17) is 0 Å². The van der Waals surface area contributed by atoms with Crippen molar-refractivity contribution in [1.29, 1.82) is 0 Å². The Labute approximate surface area is 99.8 Å². The van der Waals surface area contributed by atoms with Gasteiger partial charge in [-0.2, -0.15) is 0 Å². The van der Waals surface area contributed by atoms with E-state index in [1.165, 1.54) is 44.9 Å². The Morgan fingerprint density at radius 2 is 1.69 bits per heavy atom. The summed E-state index contributed by atoms with van der Waals surface area (Å²) in [7, 11) is 0. The first-order valence-electron chi connectivity index (χ1n) is 7.21. The fourth-order valence-corrected chi connectivity index (χ4v) is 3.34. The van der Waals surface area contributed by atoms with Crippen molar-refractivity contribution in [3.63, 3.8) is 0 Å². The van der Waals surface area contributed by atoms with Crippen LogP contribution in [0.25, 0.3) is 0 Å². The van der Waals surface area contributed by atoms with Gasteiger partial charge in [0.1, 0.15) is 0 Å². The van der Waals surface area contributed by atoms with Crippen LogP contribution in [-0.2, 0) is 0 Å². The minimum Gasteiger partial charge on any atom is -0.392 e. The Morgan fingerprint density at radius 3 is 2.25 bits per heavy atom. The van der Waals surface area contributed by atoms with Gasteiger partial charge in [0.2, 0.25) is 0 Å². The summed E-state index contributed by atoms with van der Waals surface area (Å²) in [4.78, 5) is 0. The van der Waals surface area contributed by atoms with Gasteiger partial charge in [0, 0.05) is 6.04 Å². The van der Waals surface area contributed by atoms with Gasteiger partial charge in [-0.1, -0.05) is 26.2 Å². The number of rotatable bonds is 4. The predicted octanol–water partition coefficient (Wildman–Crippen LogP) is 2.71. The molecule has 0 aromatic heterocycles. The zero-order valence-corrected chi connectivity index (χ0v) is 10.6. The molecule has 2 N–H and O–H groups in total. The van der Waals surface area contributed by atoms with Crippen LogP contribution in [-0.4, -0.2) is 23.8 Å². The Morgan fingerprint density at radius 1 is 1.00 bits per heavy atom. The van der Waals surface area contributed by atoms with Crippen molar-refractivity contribution in [3.8, 4) is 0 Å². The molecule has 2 fully saturated rings. The van der Waals surface area contributed by atoms with E-state index in [9.17, 15) is 5.11 Å². The lowest BCUT2D eigenvalue weighted by Crippen LogP contribution is -2.39. The van der Waals surface area contributed by atoms with Crippen LogP contribution in [0.4, 0.5) is 0 Å². The Kier molecular flexibility index (Phi) is 4.66. The zero-order chi connectivity index (χ0) is 11.4. The van der Waals surface area contributed by atoms with Crippen LogP contribution >= 0.6 is 0 Å². The molecule has 2 nitrogen and oxygen atoms in total. The van der Waals surface area contributed by atoms with Crippen molar-refractivity contribution < 1.29 is 5.11 Å². The summed E-state index contributed by atoms with van der Waals surface area (Å²) in [5.74, 6) is 1.86. The quantitative estimate of drug-likeness (QED) is 0.771. The second-order valence-corrected chi connectivity index (χ2v) is 5.81. The van der Waals surface area contributed by atoms with Crippen molar-refractivity contribution >= 4 is 0 Å². The van der Waals surface area contributed by atoms with Crippen LogP contribution in [0.3, 0.4) is 0 Å². The third-order valence-corrected chi connectivity index (χ3v) is 4.69. The number of aliphatic hydroxyl groups excluding tert-OH is 1. The van der Waals surface area contributed by atoms with E-state index in [1.54, 1.807) is 0 Å². The standard InChI is InChI=1S/C14H27NO/c1-2-11-6-8-12(9-7-11)10-15-13-4-3-5-14(13)16/h11-16H,2-10H2,1H3/t11?,12?,13-,14-/m1/s1. The smallest absolute Gasteiger partial charge is 0.0693 e. The van der Waals surface area contributed by atoms with Gasteiger partial charge in [-0.15, -0.1) is 0 Å². The van der Waals surface area contributed by atoms with E-state index in [1.807, 2.05) is 0 Å². The summed E-state index contributed by atoms with van der Waals surface area (Å²) in [5.41, 5.74) is 0. The second kappa shape index (κ2) is 6.02. The normalized spacial score (nSPS) is 40.1. The minimum absolute atomic E-state index is 0.0769. The van der Waals surface area contributed by atoms with E-state index in [-0.39, 0.29) is 6.10 Å². The fraction of sp³-hybridized carbons (Fsp3) is 1.00. The van der Waals surface area contributed by atoms with Crippen molar-refractivity contribution in [2.75, 3.05) is 6.54 Å². The second-order valence-electron chi connectivity index (χ2n) is 5.81. The molecular weight excluding hydrogens is 198 g/mol. The SMILES string of the molecule is CCC1CCC(CN[C@@H]2CCC[C@H]2O)CC1. The van der Waals surface area contributed by atoms with Gasteiger partial charge in [-0.25, -0.2) is 0 Å². The Hall–Kier alpha value is -0.0800. The molecule has 2 aliphatic carbocycles. The van der Waals surface area contributed by atoms with Gasteiger partial charge in [-0.3, -0.25) is 0 Å². The van der Waals surface area contributed by atoms with Crippen LogP contribution < -0.4 is 5.32 Å². The van der Waals surface area contributed by atoms with E-state index in [2.05, 4.69) is 12.2 Å². The van der Waals surface area contributed by atoms with Crippen LogP contribution in [0.2, 0.25) is 0 Å². The molecule has 0 spiro atoms. The largest absolute Gasteiger partial charge is 0.392 e. The van der Waals surface area contributed by atoms with E-state index >= 15 is 0 Å². The third kappa shape index (κ3) is 3.21. The summed E-state index contributed by atoms with van der Waals surface area (Å²) in [6.45, 7) is 3.45. The van der Waals surface area contributed by atoms with Crippen molar-refractivity contribution in [2.24, 2.45) is 11.8 Å². The van der Waals surface area contributed by atoms with Gasteiger partial charge in [0.05, 0.1) is 6.10 Å². The molecule has 0 aliphatic heterocycles. The van der Waals surface area contributed by atoms with Gasteiger partial charge in [0.15, 0.2) is 0 Å². The van der Waals surface area contributed by atoms with E-state index < -0.39 is 0 Å². The van der Waals surface area contributed by atoms with Crippen molar-refractivity contribution in [1.82, 2.24) is 5.32 Å². The maximum Gasteiger partial charge on any atom is 0.0693 e. The first-order chi connectivity index (χ1) is 7.79.